The molecular weight excluding hydrogens is 214 g/mol. The van der Waals surface area contributed by atoms with E-state index in [2.05, 4.69) is 16.1 Å². The fraction of sp³-hybridized carbons (Fsp3) is 0.462. The van der Waals surface area contributed by atoms with Gasteiger partial charge in [0.25, 0.3) is 5.56 Å². The van der Waals surface area contributed by atoms with Crippen molar-refractivity contribution >= 4 is 0 Å². The molecule has 0 aromatic carbocycles. The summed E-state index contributed by atoms with van der Waals surface area (Å²) in [7, 11) is 0. The first-order chi connectivity index (χ1) is 8.31. The molecule has 0 radical (unpaired) electrons. The van der Waals surface area contributed by atoms with E-state index in [1.807, 2.05) is 12.1 Å². The first-order valence-electron chi connectivity index (χ1n) is 5.86. The summed E-state index contributed by atoms with van der Waals surface area (Å²) in [6.45, 7) is 5.02. The predicted molar refractivity (Wildman–Crippen MR) is 67.7 cm³/mol. The van der Waals surface area contributed by atoms with Gasteiger partial charge in [0, 0.05) is 44.5 Å². The highest BCUT2D eigenvalue weighted by atomic mass is 16.1. The molecule has 1 aliphatic heterocycles. The van der Waals surface area contributed by atoms with Crippen molar-refractivity contribution in [3.05, 3.63) is 34.2 Å². The number of rotatable bonds is 3. The van der Waals surface area contributed by atoms with E-state index < -0.39 is 0 Å². The maximum Gasteiger partial charge on any atom is 0.255 e. The summed E-state index contributed by atoms with van der Waals surface area (Å²) in [5.41, 5.74) is 0.855. The summed E-state index contributed by atoms with van der Waals surface area (Å²) in [6, 6.07) is 3.77. The van der Waals surface area contributed by atoms with E-state index in [1.165, 1.54) is 0 Å². The van der Waals surface area contributed by atoms with Crippen LogP contribution in [-0.2, 0) is 13.1 Å². The molecule has 2 rings (SSSR count). The Hall–Kier alpha value is -1.57. The van der Waals surface area contributed by atoms with Crippen molar-refractivity contribution in [1.29, 1.82) is 0 Å². The topological polar surface area (TPSA) is 37.3 Å². The van der Waals surface area contributed by atoms with Gasteiger partial charge in [-0.1, -0.05) is 12.0 Å². The molecule has 0 unspecified atom stereocenters. The molecule has 0 amide bonds. The van der Waals surface area contributed by atoms with Crippen molar-refractivity contribution in [3.8, 4) is 12.3 Å². The molecule has 0 bridgehead atoms. The van der Waals surface area contributed by atoms with Gasteiger partial charge in [0.05, 0.1) is 6.54 Å². The molecule has 0 spiro atoms. The van der Waals surface area contributed by atoms with Crippen LogP contribution in [0.15, 0.2) is 23.1 Å². The van der Waals surface area contributed by atoms with Gasteiger partial charge < -0.3 is 9.88 Å². The Morgan fingerprint density at radius 2 is 2.18 bits per heavy atom. The number of hydrogen-bond acceptors (Lipinski definition) is 3. The van der Waals surface area contributed by atoms with Crippen LogP contribution in [0.5, 0.6) is 0 Å². The number of nitrogens with zero attached hydrogens (tertiary/aromatic N) is 2. The maximum atomic E-state index is 12.1. The number of pyridine rings is 1. The van der Waals surface area contributed by atoms with Crippen LogP contribution in [0.3, 0.4) is 0 Å². The normalized spacial score (nSPS) is 16.6. The van der Waals surface area contributed by atoms with Crippen LogP contribution in [0.4, 0.5) is 0 Å². The Kier molecular flexibility index (Phi) is 3.97. The lowest BCUT2D eigenvalue weighted by atomic mass is 10.2. The molecule has 1 N–H and O–H groups in total. The monoisotopic (exact) mass is 231 g/mol. The molecule has 0 atom stereocenters. The van der Waals surface area contributed by atoms with E-state index in [-0.39, 0.29) is 5.56 Å². The third-order valence-electron chi connectivity index (χ3n) is 2.96. The largest absolute Gasteiger partial charge is 0.314 e. The second-order valence-corrected chi connectivity index (χ2v) is 4.20. The van der Waals surface area contributed by atoms with Crippen LogP contribution in [0.25, 0.3) is 0 Å². The summed E-state index contributed by atoms with van der Waals surface area (Å²) in [6.07, 6.45) is 6.97. The molecule has 1 aliphatic rings. The number of nitrogens with one attached hydrogen (secondary N) is 1. The van der Waals surface area contributed by atoms with Gasteiger partial charge in [-0.25, -0.2) is 0 Å². The van der Waals surface area contributed by atoms with Gasteiger partial charge >= 0.3 is 0 Å². The lowest BCUT2D eigenvalue weighted by Gasteiger charge is -2.26. The average molecular weight is 231 g/mol. The smallest absolute Gasteiger partial charge is 0.255 e. The average Bonchev–Trinajstić information content (AvgIpc) is 2.36. The molecule has 1 fully saturated rings. The third kappa shape index (κ3) is 2.96. The van der Waals surface area contributed by atoms with Crippen molar-refractivity contribution in [1.82, 2.24) is 14.8 Å². The minimum absolute atomic E-state index is 0.0315. The number of terminal acetylenes is 1. The van der Waals surface area contributed by atoms with Crippen LogP contribution in [0.1, 0.15) is 5.56 Å². The first kappa shape index (κ1) is 11.9. The Bertz CT molecular complexity index is 466. The van der Waals surface area contributed by atoms with Gasteiger partial charge in [-0.15, -0.1) is 6.42 Å². The zero-order chi connectivity index (χ0) is 12.1. The highest BCUT2D eigenvalue weighted by Crippen LogP contribution is 2.01. The number of aromatic nitrogens is 1. The van der Waals surface area contributed by atoms with Crippen molar-refractivity contribution in [3.63, 3.8) is 0 Å². The maximum absolute atomic E-state index is 12.1. The Labute approximate surface area is 101 Å². The van der Waals surface area contributed by atoms with E-state index in [9.17, 15) is 4.79 Å². The molecule has 1 aromatic rings. The second kappa shape index (κ2) is 5.67. The molecule has 1 aromatic heterocycles. The lowest BCUT2D eigenvalue weighted by molar-refractivity contribution is 0.232. The Balaban J connectivity index is 2.12. The summed E-state index contributed by atoms with van der Waals surface area (Å²) >= 11 is 0. The van der Waals surface area contributed by atoms with E-state index in [1.54, 1.807) is 10.8 Å². The predicted octanol–water partition coefficient (Wildman–Crippen LogP) is -0.113. The van der Waals surface area contributed by atoms with E-state index in [4.69, 9.17) is 6.42 Å². The molecule has 0 aliphatic carbocycles. The molecule has 0 saturated carbocycles. The molecule has 17 heavy (non-hydrogen) atoms. The van der Waals surface area contributed by atoms with E-state index in [0.717, 1.165) is 31.7 Å². The number of piperazine rings is 1. The number of hydrogen-bond donors (Lipinski definition) is 1. The zero-order valence-electron chi connectivity index (χ0n) is 9.85. The van der Waals surface area contributed by atoms with Crippen molar-refractivity contribution in [2.45, 2.75) is 13.1 Å². The second-order valence-electron chi connectivity index (χ2n) is 4.20. The van der Waals surface area contributed by atoms with Gasteiger partial charge in [0.2, 0.25) is 0 Å². The SMILES string of the molecule is C#CCn1cccc(CN2CCNCC2)c1=O. The fourth-order valence-corrected chi connectivity index (χ4v) is 2.04. The van der Waals surface area contributed by atoms with Crippen molar-refractivity contribution in [2.24, 2.45) is 0 Å². The van der Waals surface area contributed by atoms with Gasteiger partial charge in [0.15, 0.2) is 0 Å². The van der Waals surface area contributed by atoms with Crippen molar-refractivity contribution < 1.29 is 0 Å². The fourth-order valence-electron chi connectivity index (χ4n) is 2.04. The summed E-state index contributed by atoms with van der Waals surface area (Å²) < 4.78 is 1.58. The molecular formula is C13H17N3O. The van der Waals surface area contributed by atoms with Gasteiger partial charge in [0.1, 0.15) is 0 Å². The van der Waals surface area contributed by atoms with Gasteiger partial charge in [-0.3, -0.25) is 9.69 Å². The molecule has 2 heterocycles. The zero-order valence-corrected chi connectivity index (χ0v) is 9.85. The quantitative estimate of drug-likeness (QED) is 0.737. The summed E-state index contributed by atoms with van der Waals surface area (Å²) in [4.78, 5) is 14.3. The first-order valence-corrected chi connectivity index (χ1v) is 5.86. The summed E-state index contributed by atoms with van der Waals surface area (Å²) in [5, 5.41) is 3.30. The lowest BCUT2D eigenvalue weighted by Crippen LogP contribution is -2.43. The minimum atomic E-state index is 0.0315. The minimum Gasteiger partial charge on any atom is -0.314 e. The van der Waals surface area contributed by atoms with Crippen LogP contribution in [-0.4, -0.2) is 35.6 Å². The van der Waals surface area contributed by atoms with Crippen LogP contribution in [0.2, 0.25) is 0 Å². The van der Waals surface area contributed by atoms with Crippen molar-refractivity contribution in [2.75, 3.05) is 26.2 Å². The van der Waals surface area contributed by atoms with Crippen LogP contribution < -0.4 is 10.9 Å². The van der Waals surface area contributed by atoms with E-state index >= 15 is 0 Å². The van der Waals surface area contributed by atoms with Crippen LogP contribution >= 0.6 is 0 Å². The standard InChI is InChI=1S/C13H17N3O/c1-2-7-16-8-3-4-12(13(16)17)11-15-9-5-14-6-10-15/h1,3-4,8,14H,5-7,9-11H2. The molecule has 1 saturated heterocycles. The highest BCUT2D eigenvalue weighted by Gasteiger charge is 2.12. The Morgan fingerprint density at radius 3 is 2.88 bits per heavy atom. The van der Waals surface area contributed by atoms with Crippen LogP contribution in [0, 0.1) is 12.3 Å². The van der Waals surface area contributed by atoms with E-state index in [0.29, 0.717) is 13.1 Å². The molecule has 90 valence electrons. The van der Waals surface area contributed by atoms with Gasteiger partial charge in [-0.2, -0.15) is 0 Å². The van der Waals surface area contributed by atoms with Gasteiger partial charge in [-0.05, 0) is 6.07 Å². The summed E-state index contributed by atoms with van der Waals surface area (Å²) in [5.74, 6) is 2.50. The molecule has 4 nitrogen and oxygen atoms in total. The molecule has 4 heteroatoms. The highest BCUT2D eigenvalue weighted by molar-refractivity contribution is 5.11. The Morgan fingerprint density at radius 1 is 1.41 bits per heavy atom. The third-order valence-corrected chi connectivity index (χ3v) is 2.96.